The van der Waals surface area contributed by atoms with Crippen molar-refractivity contribution >= 4 is 11.9 Å². The van der Waals surface area contributed by atoms with E-state index in [0.717, 1.165) is 43.1 Å². The van der Waals surface area contributed by atoms with E-state index in [0.29, 0.717) is 13.0 Å². The molecule has 0 aliphatic carbocycles. The van der Waals surface area contributed by atoms with E-state index in [-0.39, 0.29) is 5.97 Å². The molecule has 1 rings (SSSR count). The third kappa shape index (κ3) is 8.09. The summed E-state index contributed by atoms with van der Waals surface area (Å²) >= 11 is 0. The van der Waals surface area contributed by atoms with E-state index in [4.69, 9.17) is 4.74 Å². The first-order chi connectivity index (χ1) is 11.2. The SMILES string of the molecule is CN=C(NCCCCCC(=O)OC)NCc1ccc(OC)cc1. The van der Waals surface area contributed by atoms with Crippen molar-refractivity contribution in [3.8, 4) is 5.75 Å². The number of ether oxygens (including phenoxy) is 2. The van der Waals surface area contributed by atoms with Crippen LogP contribution < -0.4 is 15.4 Å². The topological polar surface area (TPSA) is 72.0 Å². The second-order valence-corrected chi connectivity index (χ2v) is 5.09. The number of unbranched alkanes of at least 4 members (excludes halogenated alkanes) is 2. The summed E-state index contributed by atoms with van der Waals surface area (Å²) in [6.07, 6.45) is 3.31. The van der Waals surface area contributed by atoms with Crippen LogP contribution in [0.5, 0.6) is 5.75 Å². The summed E-state index contributed by atoms with van der Waals surface area (Å²) in [6.45, 7) is 1.52. The number of rotatable bonds is 9. The molecule has 0 aromatic heterocycles. The Morgan fingerprint density at radius 3 is 2.43 bits per heavy atom. The Hall–Kier alpha value is -2.24. The first-order valence-electron chi connectivity index (χ1n) is 7.84. The number of aliphatic imine (C=N–C) groups is 1. The molecule has 0 unspecified atom stereocenters. The van der Waals surface area contributed by atoms with Gasteiger partial charge in [-0.3, -0.25) is 9.79 Å². The highest BCUT2D eigenvalue weighted by Gasteiger charge is 2.01. The number of nitrogens with zero attached hydrogens (tertiary/aromatic N) is 1. The number of carbonyl (C=O) groups is 1. The van der Waals surface area contributed by atoms with Crippen molar-refractivity contribution in [1.29, 1.82) is 0 Å². The molecule has 2 N–H and O–H groups in total. The second kappa shape index (κ2) is 11.3. The Morgan fingerprint density at radius 1 is 1.09 bits per heavy atom. The average Bonchev–Trinajstić information content (AvgIpc) is 2.60. The minimum Gasteiger partial charge on any atom is -0.497 e. The van der Waals surface area contributed by atoms with Gasteiger partial charge in [0.15, 0.2) is 5.96 Å². The van der Waals surface area contributed by atoms with Gasteiger partial charge in [-0.2, -0.15) is 0 Å². The van der Waals surface area contributed by atoms with E-state index >= 15 is 0 Å². The van der Waals surface area contributed by atoms with Gasteiger partial charge in [-0.05, 0) is 30.5 Å². The molecule has 1 aromatic rings. The maximum absolute atomic E-state index is 11.0. The molecule has 0 amide bonds. The van der Waals surface area contributed by atoms with Gasteiger partial charge in [0.05, 0.1) is 14.2 Å². The zero-order valence-corrected chi connectivity index (χ0v) is 14.2. The molecule has 23 heavy (non-hydrogen) atoms. The maximum Gasteiger partial charge on any atom is 0.305 e. The zero-order chi connectivity index (χ0) is 16.9. The Bertz CT molecular complexity index is 486. The smallest absolute Gasteiger partial charge is 0.305 e. The summed E-state index contributed by atoms with van der Waals surface area (Å²) in [7, 11) is 4.83. The fourth-order valence-electron chi connectivity index (χ4n) is 2.03. The van der Waals surface area contributed by atoms with E-state index in [2.05, 4.69) is 20.4 Å². The molecule has 0 bridgehead atoms. The standard InChI is InChI=1S/C17H27N3O3/c1-18-17(19-12-6-4-5-7-16(21)23-3)20-13-14-8-10-15(22-2)11-9-14/h8-11H,4-7,12-13H2,1-3H3,(H2,18,19,20). The lowest BCUT2D eigenvalue weighted by Gasteiger charge is -2.12. The monoisotopic (exact) mass is 321 g/mol. The molecule has 0 heterocycles. The van der Waals surface area contributed by atoms with Crippen molar-refractivity contribution in [1.82, 2.24) is 10.6 Å². The molecule has 6 heteroatoms. The number of methoxy groups -OCH3 is 2. The van der Waals surface area contributed by atoms with Crippen LogP contribution in [0.15, 0.2) is 29.3 Å². The highest BCUT2D eigenvalue weighted by atomic mass is 16.5. The molecule has 128 valence electrons. The fourth-order valence-corrected chi connectivity index (χ4v) is 2.03. The van der Waals surface area contributed by atoms with E-state index in [1.165, 1.54) is 7.11 Å². The van der Waals surface area contributed by atoms with Gasteiger partial charge in [0.2, 0.25) is 0 Å². The molecule has 0 aliphatic heterocycles. The van der Waals surface area contributed by atoms with Crippen molar-refractivity contribution in [2.75, 3.05) is 27.8 Å². The Morgan fingerprint density at radius 2 is 1.83 bits per heavy atom. The number of hydrogen-bond donors (Lipinski definition) is 2. The summed E-state index contributed by atoms with van der Waals surface area (Å²) in [5.74, 6) is 1.48. The highest BCUT2D eigenvalue weighted by molar-refractivity contribution is 5.79. The molecule has 0 saturated carbocycles. The summed E-state index contributed by atoms with van der Waals surface area (Å²) in [5.41, 5.74) is 1.16. The lowest BCUT2D eigenvalue weighted by molar-refractivity contribution is -0.140. The summed E-state index contributed by atoms with van der Waals surface area (Å²) < 4.78 is 9.75. The second-order valence-electron chi connectivity index (χ2n) is 5.09. The van der Waals surface area contributed by atoms with Crippen LogP contribution in [0, 0.1) is 0 Å². The van der Waals surface area contributed by atoms with Gasteiger partial charge in [-0.1, -0.05) is 18.6 Å². The molecule has 0 atom stereocenters. The molecule has 0 aliphatic rings. The fraction of sp³-hybridized carbons (Fsp3) is 0.529. The molecule has 0 saturated heterocycles. The van der Waals surface area contributed by atoms with Gasteiger partial charge in [0.1, 0.15) is 5.75 Å². The van der Waals surface area contributed by atoms with Crippen LogP contribution in [-0.2, 0) is 16.1 Å². The van der Waals surface area contributed by atoms with Crippen LogP contribution in [0.25, 0.3) is 0 Å². The van der Waals surface area contributed by atoms with Gasteiger partial charge >= 0.3 is 5.97 Å². The summed E-state index contributed by atoms with van der Waals surface area (Å²) in [4.78, 5) is 15.2. The van der Waals surface area contributed by atoms with Gasteiger partial charge in [-0.25, -0.2) is 0 Å². The molecular formula is C17H27N3O3. The van der Waals surface area contributed by atoms with Crippen LogP contribution in [0.4, 0.5) is 0 Å². The van der Waals surface area contributed by atoms with Crippen LogP contribution in [0.3, 0.4) is 0 Å². The Kier molecular flexibility index (Phi) is 9.28. The van der Waals surface area contributed by atoms with Crippen LogP contribution in [-0.4, -0.2) is 39.7 Å². The Balaban J connectivity index is 2.17. The largest absolute Gasteiger partial charge is 0.497 e. The zero-order valence-electron chi connectivity index (χ0n) is 14.2. The molecule has 0 spiro atoms. The summed E-state index contributed by atoms with van der Waals surface area (Å²) in [5, 5.41) is 6.53. The number of nitrogens with one attached hydrogen (secondary N) is 2. The lowest BCUT2D eigenvalue weighted by atomic mass is 10.2. The molecule has 0 fully saturated rings. The molecule has 1 aromatic carbocycles. The van der Waals surface area contributed by atoms with Gasteiger partial charge < -0.3 is 20.1 Å². The minimum atomic E-state index is -0.144. The molecular weight excluding hydrogens is 294 g/mol. The number of esters is 1. The summed E-state index contributed by atoms with van der Waals surface area (Å²) in [6, 6.07) is 7.92. The minimum absolute atomic E-state index is 0.144. The number of guanidine groups is 1. The highest BCUT2D eigenvalue weighted by Crippen LogP contribution is 2.10. The third-order valence-electron chi connectivity index (χ3n) is 3.42. The predicted molar refractivity (Wildman–Crippen MR) is 91.7 cm³/mol. The van der Waals surface area contributed by atoms with Crippen LogP contribution in [0.2, 0.25) is 0 Å². The van der Waals surface area contributed by atoms with Gasteiger partial charge in [-0.15, -0.1) is 0 Å². The quantitative estimate of drug-likeness (QED) is 0.315. The number of benzene rings is 1. The Labute approximate surface area is 138 Å². The molecule has 6 nitrogen and oxygen atoms in total. The first-order valence-corrected chi connectivity index (χ1v) is 7.84. The van der Waals surface area contributed by atoms with E-state index < -0.39 is 0 Å². The van der Waals surface area contributed by atoms with Crippen LogP contribution >= 0.6 is 0 Å². The predicted octanol–water partition coefficient (Wildman–Crippen LogP) is 2.09. The van der Waals surface area contributed by atoms with Gasteiger partial charge in [0.25, 0.3) is 0 Å². The van der Waals surface area contributed by atoms with Gasteiger partial charge in [0, 0.05) is 26.6 Å². The lowest BCUT2D eigenvalue weighted by Crippen LogP contribution is -2.37. The van der Waals surface area contributed by atoms with Crippen LogP contribution in [0.1, 0.15) is 31.2 Å². The normalized spacial score (nSPS) is 11.0. The molecule has 0 radical (unpaired) electrons. The van der Waals surface area contributed by atoms with Crippen molar-refractivity contribution < 1.29 is 14.3 Å². The van der Waals surface area contributed by atoms with E-state index in [1.807, 2.05) is 24.3 Å². The van der Waals surface area contributed by atoms with E-state index in [1.54, 1.807) is 14.2 Å². The van der Waals surface area contributed by atoms with Crippen molar-refractivity contribution in [2.45, 2.75) is 32.2 Å². The third-order valence-corrected chi connectivity index (χ3v) is 3.42. The van der Waals surface area contributed by atoms with E-state index in [9.17, 15) is 4.79 Å². The van der Waals surface area contributed by atoms with Crippen molar-refractivity contribution in [3.05, 3.63) is 29.8 Å². The number of carbonyl (C=O) groups excluding carboxylic acids is 1. The van der Waals surface area contributed by atoms with Crippen molar-refractivity contribution in [2.24, 2.45) is 4.99 Å². The van der Waals surface area contributed by atoms with Crippen molar-refractivity contribution in [3.63, 3.8) is 0 Å². The first kappa shape index (κ1) is 18.8. The maximum atomic E-state index is 11.0. The average molecular weight is 321 g/mol. The number of hydrogen-bond acceptors (Lipinski definition) is 4.